The van der Waals surface area contributed by atoms with Gasteiger partial charge in [-0.15, -0.1) is 11.3 Å². The molecule has 3 aromatic rings. The second-order valence-corrected chi connectivity index (χ2v) is 11.0. The van der Waals surface area contributed by atoms with E-state index >= 15 is 0 Å². The SMILES string of the molecule is Cc1cc(NC2=NCCCN2)c(C)cc1Cc1nc(-c2ccc3c(c2)CC(C)(C)C3)cs1. The Morgan fingerprint density at radius 3 is 2.72 bits per heavy atom. The number of guanidine groups is 1. The highest BCUT2D eigenvalue weighted by atomic mass is 32.1. The lowest BCUT2D eigenvalue weighted by Crippen LogP contribution is -2.35. The molecule has 0 saturated carbocycles. The molecule has 1 aliphatic heterocycles. The number of fused-ring (bicyclic) bond motifs is 1. The third-order valence-electron chi connectivity index (χ3n) is 6.57. The number of aromatic nitrogens is 1. The highest BCUT2D eigenvalue weighted by molar-refractivity contribution is 7.10. The second kappa shape index (κ2) is 8.36. The van der Waals surface area contributed by atoms with Crippen LogP contribution in [0.5, 0.6) is 0 Å². The molecule has 2 heterocycles. The zero-order valence-corrected chi connectivity index (χ0v) is 20.3. The predicted molar refractivity (Wildman–Crippen MR) is 136 cm³/mol. The van der Waals surface area contributed by atoms with Gasteiger partial charge in [-0.1, -0.05) is 32.0 Å². The van der Waals surface area contributed by atoms with Gasteiger partial charge < -0.3 is 10.6 Å². The van der Waals surface area contributed by atoms with Crippen molar-refractivity contribution in [3.05, 3.63) is 68.5 Å². The van der Waals surface area contributed by atoms with Crippen LogP contribution in [0.3, 0.4) is 0 Å². The molecule has 0 spiro atoms. The van der Waals surface area contributed by atoms with Gasteiger partial charge in [0.1, 0.15) is 0 Å². The fraction of sp³-hybridized carbons (Fsp3) is 0.407. The van der Waals surface area contributed by atoms with E-state index in [-0.39, 0.29) is 0 Å². The van der Waals surface area contributed by atoms with E-state index in [4.69, 9.17) is 4.98 Å². The minimum atomic E-state index is 0.379. The first kappa shape index (κ1) is 21.2. The smallest absolute Gasteiger partial charge is 0.195 e. The van der Waals surface area contributed by atoms with Crippen molar-refractivity contribution in [1.29, 1.82) is 0 Å². The molecule has 0 amide bonds. The van der Waals surface area contributed by atoms with Crippen molar-refractivity contribution in [2.24, 2.45) is 10.4 Å². The maximum absolute atomic E-state index is 5.00. The molecule has 5 heteroatoms. The van der Waals surface area contributed by atoms with Crippen LogP contribution in [0.25, 0.3) is 11.3 Å². The average molecular weight is 445 g/mol. The maximum atomic E-state index is 5.00. The van der Waals surface area contributed by atoms with Crippen LogP contribution in [-0.4, -0.2) is 24.0 Å². The molecule has 166 valence electrons. The molecule has 0 fully saturated rings. The van der Waals surface area contributed by atoms with Gasteiger partial charge in [-0.05, 0) is 78.5 Å². The number of benzene rings is 2. The molecule has 1 aromatic heterocycles. The molecule has 4 nitrogen and oxygen atoms in total. The summed E-state index contributed by atoms with van der Waals surface area (Å²) in [6.07, 6.45) is 4.31. The average Bonchev–Trinajstić information content (AvgIpc) is 3.34. The van der Waals surface area contributed by atoms with Gasteiger partial charge in [-0.3, -0.25) is 4.99 Å². The molecule has 5 rings (SSSR count). The molecule has 0 atom stereocenters. The zero-order chi connectivity index (χ0) is 22.3. The Balaban J connectivity index is 1.33. The third-order valence-corrected chi connectivity index (χ3v) is 7.42. The number of aliphatic imine (C=N–C) groups is 1. The van der Waals surface area contributed by atoms with E-state index in [1.165, 1.54) is 44.8 Å². The van der Waals surface area contributed by atoms with Crippen LogP contribution in [0, 0.1) is 19.3 Å². The number of nitrogens with one attached hydrogen (secondary N) is 2. The van der Waals surface area contributed by atoms with E-state index in [1.54, 1.807) is 11.3 Å². The summed E-state index contributed by atoms with van der Waals surface area (Å²) in [6, 6.07) is 11.4. The summed E-state index contributed by atoms with van der Waals surface area (Å²) in [5.41, 5.74) is 10.7. The van der Waals surface area contributed by atoms with Crippen LogP contribution in [0.4, 0.5) is 5.69 Å². The highest BCUT2D eigenvalue weighted by Crippen LogP contribution is 2.38. The molecule has 0 saturated heterocycles. The van der Waals surface area contributed by atoms with Crippen LogP contribution in [-0.2, 0) is 19.3 Å². The Kier molecular flexibility index (Phi) is 5.54. The van der Waals surface area contributed by atoms with Gasteiger partial charge in [-0.25, -0.2) is 4.98 Å². The highest BCUT2D eigenvalue weighted by Gasteiger charge is 2.28. The number of hydrogen-bond acceptors (Lipinski definition) is 5. The number of rotatable bonds is 4. The Hall–Kier alpha value is -2.66. The van der Waals surface area contributed by atoms with E-state index in [0.29, 0.717) is 5.41 Å². The molecule has 1 aliphatic carbocycles. The maximum Gasteiger partial charge on any atom is 0.195 e. The minimum absolute atomic E-state index is 0.379. The Morgan fingerprint density at radius 1 is 1.06 bits per heavy atom. The summed E-state index contributed by atoms with van der Waals surface area (Å²) in [7, 11) is 0. The van der Waals surface area contributed by atoms with E-state index < -0.39 is 0 Å². The molecule has 0 unspecified atom stereocenters. The van der Waals surface area contributed by atoms with Crippen molar-refractivity contribution in [2.75, 3.05) is 18.4 Å². The fourth-order valence-corrected chi connectivity index (χ4v) is 5.67. The van der Waals surface area contributed by atoms with Gasteiger partial charge in [0, 0.05) is 36.1 Å². The summed E-state index contributed by atoms with van der Waals surface area (Å²) in [5, 5.41) is 10.2. The van der Waals surface area contributed by atoms with Crippen LogP contribution >= 0.6 is 11.3 Å². The number of nitrogens with zero attached hydrogens (tertiary/aromatic N) is 2. The van der Waals surface area contributed by atoms with Crippen molar-refractivity contribution in [3.63, 3.8) is 0 Å². The lowest BCUT2D eigenvalue weighted by atomic mass is 9.90. The fourth-order valence-electron chi connectivity index (χ4n) is 4.85. The van der Waals surface area contributed by atoms with Crippen molar-refractivity contribution in [1.82, 2.24) is 10.3 Å². The quantitative estimate of drug-likeness (QED) is 0.526. The van der Waals surface area contributed by atoms with E-state index in [0.717, 1.165) is 49.7 Å². The number of anilines is 1. The third kappa shape index (κ3) is 4.44. The zero-order valence-electron chi connectivity index (χ0n) is 19.5. The largest absolute Gasteiger partial charge is 0.356 e. The molecule has 2 aliphatic rings. The molecule has 2 N–H and O–H groups in total. The van der Waals surface area contributed by atoms with Crippen molar-refractivity contribution < 1.29 is 0 Å². The monoisotopic (exact) mass is 444 g/mol. The molecular weight excluding hydrogens is 412 g/mol. The van der Waals surface area contributed by atoms with Gasteiger partial charge in [0.15, 0.2) is 5.96 Å². The van der Waals surface area contributed by atoms with E-state index in [2.05, 4.69) is 79.0 Å². The topological polar surface area (TPSA) is 49.3 Å². The normalized spacial score (nSPS) is 16.9. The van der Waals surface area contributed by atoms with Crippen LogP contribution in [0.2, 0.25) is 0 Å². The van der Waals surface area contributed by atoms with Gasteiger partial charge >= 0.3 is 0 Å². The molecular formula is C27H32N4S. The number of thiazole rings is 1. The molecule has 0 radical (unpaired) electrons. The summed E-state index contributed by atoms with van der Waals surface area (Å²) in [5.74, 6) is 0.883. The predicted octanol–water partition coefficient (Wildman–Crippen LogP) is 5.90. The van der Waals surface area contributed by atoms with Crippen LogP contribution < -0.4 is 10.6 Å². The minimum Gasteiger partial charge on any atom is -0.356 e. The molecule has 0 bridgehead atoms. The van der Waals surface area contributed by atoms with Crippen molar-refractivity contribution >= 4 is 23.0 Å². The second-order valence-electron chi connectivity index (χ2n) is 10.0. The molecule has 2 aromatic carbocycles. The van der Waals surface area contributed by atoms with Gasteiger partial charge in [-0.2, -0.15) is 0 Å². The van der Waals surface area contributed by atoms with Crippen molar-refractivity contribution in [3.8, 4) is 11.3 Å². The van der Waals surface area contributed by atoms with Crippen LogP contribution in [0.15, 0.2) is 40.7 Å². The standard InChI is InChI=1S/C27H32N4S/c1-17-11-23(31-26-28-8-5-9-29-26)18(2)10-21(17)13-25-30-24(16-32-25)19-6-7-20-14-27(3,4)15-22(20)12-19/h6-7,10-12,16H,5,8-9,13-15H2,1-4H3,(H2,28,29,31). The summed E-state index contributed by atoms with van der Waals surface area (Å²) >= 11 is 1.76. The van der Waals surface area contributed by atoms with Gasteiger partial charge in [0.2, 0.25) is 0 Å². The summed E-state index contributed by atoms with van der Waals surface area (Å²) in [4.78, 5) is 9.53. The van der Waals surface area contributed by atoms with Crippen LogP contribution in [0.1, 0.15) is 53.1 Å². The summed E-state index contributed by atoms with van der Waals surface area (Å²) in [6.45, 7) is 10.9. The Labute approximate surface area is 195 Å². The lowest BCUT2D eigenvalue weighted by Gasteiger charge is -2.18. The Morgan fingerprint density at radius 2 is 1.91 bits per heavy atom. The van der Waals surface area contributed by atoms with E-state index in [9.17, 15) is 0 Å². The lowest BCUT2D eigenvalue weighted by molar-refractivity contribution is 0.392. The number of aryl methyl sites for hydroxylation is 2. The van der Waals surface area contributed by atoms with E-state index in [1.807, 2.05) is 0 Å². The van der Waals surface area contributed by atoms with Gasteiger partial charge in [0.05, 0.1) is 10.7 Å². The first-order chi connectivity index (χ1) is 15.4. The Bertz CT molecular complexity index is 1190. The van der Waals surface area contributed by atoms with Gasteiger partial charge in [0.25, 0.3) is 0 Å². The summed E-state index contributed by atoms with van der Waals surface area (Å²) < 4.78 is 0. The molecule has 32 heavy (non-hydrogen) atoms. The van der Waals surface area contributed by atoms with Crippen molar-refractivity contribution in [2.45, 2.75) is 53.4 Å². The first-order valence-corrected chi connectivity index (χ1v) is 12.5. The first-order valence-electron chi connectivity index (χ1n) is 11.6. The number of hydrogen-bond donors (Lipinski definition) is 2.